The van der Waals surface area contributed by atoms with Gasteiger partial charge in [-0.1, -0.05) is 18.2 Å². The molecule has 0 spiro atoms. The van der Waals surface area contributed by atoms with Crippen LogP contribution in [0.3, 0.4) is 0 Å². The third-order valence-electron chi connectivity index (χ3n) is 5.76. The van der Waals surface area contributed by atoms with Gasteiger partial charge < -0.3 is 15.2 Å². The molecule has 0 saturated carbocycles. The minimum atomic E-state index is -0.607. The fourth-order valence-electron chi connectivity index (χ4n) is 3.93. The van der Waals surface area contributed by atoms with Crippen molar-refractivity contribution in [2.24, 2.45) is 5.92 Å². The van der Waals surface area contributed by atoms with Gasteiger partial charge in [0.05, 0.1) is 0 Å². The number of methoxy groups -OCH3 is 1. The zero-order valence-corrected chi connectivity index (χ0v) is 14.6. The summed E-state index contributed by atoms with van der Waals surface area (Å²) in [7, 11) is 1.59. The van der Waals surface area contributed by atoms with Gasteiger partial charge in [0, 0.05) is 38.1 Å². The fraction of sp³-hybridized carbons (Fsp3) is 0.684. The van der Waals surface area contributed by atoms with Gasteiger partial charge in [0.25, 0.3) is 0 Å². The van der Waals surface area contributed by atoms with Crippen molar-refractivity contribution in [2.45, 2.75) is 44.9 Å². The van der Waals surface area contributed by atoms with Gasteiger partial charge in [0.15, 0.2) is 6.29 Å². The number of hydrogen-bond donors (Lipinski definition) is 2. The predicted octanol–water partition coefficient (Wildman–Crippen LogP) is 2.42. The lowest BCUT2D eigenvalue weighted by Gasteiger charge is -2.38. The van der Waals surface area contributed by atoms with Gasteiger partial charge in [-0.15, -0.1) is 0 Å². The van der Waals surface area contributed by atoms with Crippen LogP contribution in [0.2, 0.25) is 0 Å². The maximum Gasteiger partial charge on any atom is 0.157 e. The molecule has 1 aromatic carbocycles. The summed E-state index contributed by atoms with van der Waals surface area (Å²) in [5.41, 5.74) is 4.31. The molecule has 2 unspecified atom stereocenters. The average Bonchev–Trinajstić information content (AvgIpc) is 2.52. The van der Waals surface area contributed by atoms with Crippen molar-refractivity contribution >= 4 is 0 Å². The number of aliphatic hydroxyl groups excluding tert-OH is 1. The summed E-state index contributed by atoms with van der Waals surface area (Å²) in [6.07, 6.45) is 1.40. The molecular weight excluding hydrogens is 288 g/mol. The lowest BCUT2D eigenvalue weighted by molar-refractivity contribution is -0.125. The van der Waals surface area contributed by atoms with Crippen LogP contribution in [-0.2, 0) is 4.74 Å². The number of nitrogens with zero attached hydrogens (tertiary/aromatic N) is 1. The van der Waals surface area contributed by atoms with Gasteiger partial charge in [0.2, 0.25) is 0 Å². The van der Waals surface area contributed by atoms with E-state index in [1.807, 2.05) is 0 Å². The summed E-state index contributed by atoms with van der Waals surface area (Å²) in [4.78, 5) is 2.53. The van der Waals surface area contributed by atoms with Crippen LogP contribution in [0.15, 0.2) is 18.2 Å². The smallest absolute Gasteiger partial charge is 0.157 e. The predicted molar refractivity (Wildman–Crippen MR) is 92.5 cm³/mol. The van der Waals surface area contributed by atoms with Crippen LogP contribution >= 0.6 is 0 Å². The number of nitrogens with one attached hydrogen (secondary N) is 1. The quantitative estimate of drug-likeness (QED) is 0.819. The Morgan fingerprint density at radius 2 is 1.96 bits per heavy atom. The van der Waals surface area contributed by atoms with Crippen LogP contribution in [0.25, 0.3) is 0 Å². The van der Waals surface area contributed by atoms with E-state index in [2.05, 4.69) is 42.3 Å². The highest BCUT2D eigenvalue weighted by molar-refractivity contribution is 5.36. The van der Waals surface area contributed by atoms with Gasteiger partial charge in [-0.3, -0.25) is 4.90 Å². The molecule has 0 amide bonds. The Balaban J connectivity index is 1.63. The first-order chi connectivity index (χ1) is 11.1. The SMILES string of the molecule is COC(O)C1CCN(C(C)c2ccc(C3CNC3)cc2C)CC1. The van der Waals surface area contributed by atoms with E-state index >= 15 is 0 Å². The minimum Gasteiger partial charge on any atom is -0.368 e. The molecule has 4 heteroatoms. The van der Waals surface area contributed by atoms with Gasteiger partial charge in [0.1, 0.15) is 0 Å². The molecule has 0 aromatic heterocycles. The molecule has 2 atom stereocenters. The van der Waals surface area contributed by atoms with Crippen molar-refractivity contribution in [2.75, 3.05) is 33.3 Å². The van der Waals surface area contributed by atoms with Crippen molar-refractivity contribution < 1.29 is 9.84 Å². The Morgan fingerprint density at radius 1 is 1.26 bits per heavy atom. The molecule has 1 aromatic rings. The second-order valence-electron chi connectivity index (χ2n) is 7.15. The second kappa shape index (κ2) is 7.31. The molecule has 4 nitrogen and oxygen atoms in total. The molecule has 2 fully saturated rings. The van der Waals surface area contributed by atoms with Crippen molar-refractivity contribution in [3.63, 3.8) is 0 Å². The van der Waals surface area contributed by atoms with Crippen LogP contribution in [0.1, 0.15) is 48.4 Å². The molecule has 0 bridgehead atoms. The third kappa shape index (κ3) is 3.61. The van der Waals surface area contributed by atoms with Crippen LogP contribution < -0.4 is 5.32 Å². The highest BCUT2D eigenvalue weighted by Gasteiger charge is 2.28. The number of benzene rings is 1. The van der Waals surface area contributed by atoms with Crippen molar-refractivity contribution in [3.05, 3.63) is 34.9 Å². The summed E-state index contributed by atoms with van der Waals surface area (Å²) in [6.45, 7) is 8.83. The number of rotatable bonds is 5. The summed E-state index contributed by atoms with van der Waals surface area (Å²) in [5, 5.41) is 13.2. The number of ether oxygens (including phenoxy) is 1. The number of piperidine rings is 1. The molecule has 2 heterocycles. The molecule has 2 N–H and O–H groups in total. The number of aliphatic hydroxyl groups is 1. The van der Waals surface area contributed by atoms with Crippen molar-refractivity contribution in [1.29, 1.82) is 0 Å². The Labute approximate surface area is 139 Å². The summed E-state index contributed by atoms with van der Waals surface area (Å²) in [5.74, 6) is 0.974. The summed E-state index contributed by atoms with van der Waals surface area (Å²) >= 11 is 0. The highest BCUT2D eigenvalue weighted by atomic mass is 16.6. The lowest BCUT2D eigenvalue weighted by Crippen LogP contribution is -2.40. The monoisotopic (exact) mass is 318 g/mol. The van der Waals surface area contributed by atoms with E-state index in [9.17, 15) is 5.11 Å². The first kappa shape index (κ1) is 16.9. The van der Waals surface area contributed by atoms with Gasteiger partial charge in [-0.2, -0.15) is 0 Å². The standard InChI is InChI=1S/C19H30N2O2/c1-13-10-16(17-11-20-12-17)4-5-18(13)14(2)21-8-6-15(7-9-21)19(22)23-3/h4-5,10,14-15,17,19-20,22H,6-9,11-12H2,1-3H3. The maximum atomic E-state index is 9.83. The second-order valence-corrected chi connectivity index (χ2v) is 7.15. The van der Waals surface area contributed by atoms with E-state index in [0.29, 0.717) is 12.0 Å². The van der Waals surface area contributed by atoms with Crippen molar-refractivity contribution in [1.82, 2.24) is 10.2 Å². The molecule has 3 rings (SSSR count). The highest BCUT2D eigenvalue weighted by Crippen LogP contribution is 2.31. The van der Waals surface area contributed by atoms with Crippen molar-refractivity contribution in [3.8, 4) is 0 Å². The largest absolute Gasteiger partial charge is 0.368 e. The van der Waals surface area contributed by atoms with E-state index in [1.165, 1.54) is 16.7 Å². The molecule has 0 radical (unpaired) electrons. The zero-order valence-electron chi connectivity index (χ0n) is 14.6. The number of hydrogen-bond acceptors (Lipinski definition) is 4. The van der Waals surface area contributed by atoms with Crippen LogP contribution in [0.5, 0.6) is 0 Å². The third-order valence-corrected chi connectivity index (χ3v) is 5.76. The molecule has 2 saturated heterocycles. The molecule has 0 aliphatic carbocycles. The minimum absolute atomic E-state index is 0.276. The maximum absolute atomic E-state index is 9.83. The van der Waals surface area contributed by atoms with Gasteiger partial charge in [-0.05, 0) is 56.5 Å². The topological polar surface area (TPSA) is 44.7 Å². The van der Waals surface area contributed by atoms with Gasteiger partial charge >= 0.3 is 0 Å². The van der Waals surface area contributed by atoms with E-state index in [0.717, 1.165) is 39.0 Å². The van der Waals surface area contributed by atoms with Crippen LogP contribution in [0, 0.1) is 12.8 Å². The summed E-state index contributed by atoms with van der Waals surface area (Å²) in [6, 6.07) is 7.44. The first-order valence-corrected chi connectivity index (χ1v) is 8.86. The van der Waals surface area contributed by atoms with E-state index in [1.54, 1.807) is 7.11 Å². The molecular formula is C19H30N2O2. The number of aryl methyl sites for hydroxylation is 1. The lowest BCUT2D eigenvalue weighted by atomic mass is 9.89. The Morgan fingerprint density at radius 3 is 2.48 bits per heavy atom. The Hall–Kier alpha value is -0.940. The molecule has 23 heavy (non-hydrogen) atoms. The van der Waals surface area contributed by atoms with E-state index in [-0.39, 0.29) is 5.92 Å². The Kier molecular flexibility index (Phi) is 5.37. The van der Waals surface area contributed by atoms with E-state index in [4.69, 9.17) is 4.74 Å². The van der Waals surface area contributed by atoms with E-state index < -0.39 is 6.29 Å². The van der Waals surface area contributed by atoms with Crippen LogP contribution in [0.4, 0.5) is 0 Å². The molecule has 128 valence electrons. The normalized spacial score (nSPS) is 23.5. The zero-order chi connectivity index (χ0) is 16.4. The molecule has 2 aliphatic rings. The first-order valence-electron chi connectivity index (χ1n) is 8.86. The number of likely N-dealkylation sites (tertiary alicyclic amines) is 1. The molecule has 2 aliphatic heterocycles. The summed E-state index contributed by atoms with van der Waals surface area (Å²) < 4.78 is 5.07. The van der Waals surface area contributed by atoms with Crippen LogP contribution in [-0.4, -0.2) is 49.6 Å². The Bertz CT molecular complexity index is 522. The fourth-order valence-corrected chi connectivity index (χ4v) is 3.93. The van der Waals surface area contributed by atoms with Gasteiger partial charge in [-0.25, -0.2) is 0 Å². The average molecular weight is 318 g/mol.